The van der Waals surface area contributed by atoms with Crippen LogP contribution in [0, 0.1) is 13.8 Å². The molecule has 0 bridgehead atoms. The van der Waals surface area contributed by atoms with Gasteiger partial charge in [-0.2, -0.15) is 0 Å². The molecule has 0 saturated heterocycles. The molecule has 2 aromatic heterocycles. The molecule has 7 heteroatoms. The summed E-state index contributed by atoms with van der Waals surface area (Å²) in [5.74, 6) is 0.539. The van der Waals surface area contributed by atoms with Crippen LogP contribution in [0.3, 0.4) is 0 Å². The fourth-order valence-corrected chi connectivity index (χ4v) is 3.01. The van der Waals surface area contributed by atoms with Gasteiger partial charge in [-0.3, -0.25) is 4.79 Å². The molecule has 1 aromatic carbocycles. The van der Waals surface area contributed by atoms with Gasteiger partial charge < -0.3 is 23.8 Å². The van der Waals surface area contributed by atoms with E-state index in [1.807, 2.05) is 32.0 Å². The number of rotatable bonds is 8. The van der Waals surface area contributed by atoms with Crippen LogP contribution in [-0.2, 0) is 20.9 Å². The fraction of sp³-hybridized carbons (Fsp3) is 0.217. The van der Waals surface area contributed by atoms with Crippen LogP contribution >= 0.6 is 0 Å². The summed E-state index contributed by atoms with van der Waals surface area (Å²) in [6, 6.07) is 12.6. The molecule has 0 aliphatic rings. The number of ether oxygens (including phenoxy) is 2. The summed E-state index contributed by atoms with van der Waals surface area (Å²) in [5, 5.41) is 2.66. The number of amides is 1. The van der Waals surface area contributed by atoms with Crippen LogP contribution in [0.15, 0.2) is 59.2 Å². The van der Waals surface area contributed by atoms with Gasteiger partial charge in [-0.25, -0.2) is 4.79 Å². The number of carbonyl (C=O) groups is 2. The van der Waals surface area contributed by atoms with E-state index in [1.165, 1.54) is 6.08 Å². The molecule has 1 amide bonds. The monoisotopic (exact) mass is 408 g/mol. The molecular weight excluding hydrogens is 384 g/mol. The molecule has 0 atom stereocenters. The van der Waals surface area contributed by atoms with Crippen molar-refractivity contribution in [1.82, 2.24) is 4.57 Å². The zero-order chi connectivity index (χ0) is 21.5. The standard InChI is InChI=1S/C23H24N2O5/c1-16-13-18(17(2)25(16)14-21-5-4-12-29-21)6-11-23(27)30-15-22(26)24-19-7-9-20(28-3)10-8-19/h4-13H,14-15H2,1-3H3,(H,24,26)/b11-6+. The lowest BCUT2D eigenvalue weighted by Crippen LogP contribution is -2.20. The van der Waals surface area contributed by atoms with Gasteiger partial charge in [-0.15, -0.1) is 0 Å². The van der Waals surface area contributed by atoms with E-state index in [4.69, 9.17) is 13.9 Å². The Balaban J connectivity index is 1.52. The van der Waals surface area contributed by atoms with Crippen molar-refractivity contribution < 1.29 is 23.5 Å². The van der Waals surface area contributed by atoms with E-state index >= 15 is 0 Å². The van der Waals surface area contributed by atoms with Crippen molar-refractivity contribution in [1.29, 1.82) is 0 Å². The molecule has 7 nitrogen and oxygen atoms in total. The van der Waals surface area contributed by atoms with Crippen molar-refractivity contribution in [3.8, 4) is 5.75 Å². The molecule has 30 heavy (non-hydrogen) atoms. The SMILES string of the molecule is COc1ccc(NC(=O)COC(=O)/C=C/c2cc(C)n(Cc3ccco3)c2C)cc1. The Morgan fingerprint density at radius 2 is 1.93 bits per heavy atom. The lowest BCUT2D eigenvalue weighted by Gasteiger charge is -2.07. The van der Waals surface area contributed by atoms with E-state index in [0.717, 1.165) is 22.7 Å². The lowest BCUT2D eigenvalue weighted by molar-refractivity contribution is -0.142. The van der Waals surface area contributed by atoms with Gasteiger partial charge in [0, 0.05) is 23.2 Å². The van der Waals surface area contributed by atoms with Gasteiger partial charge in [0.2, 0.25) is 0 Å². The quantitative estimate of drug-likeness (QED) is 0.451. The average molecular weight is 408 g/mol. The summed E-state index contributed by atoms with van der Waals surface area (Å²) in [6.45, 7) is 4.22. The number of hydrogen-bond acceptors (Lipinski definition) is 5. The van der Waals surface area contributed by atoms with Crippen molar-refractivity contribution in [3.05, 3.63) is 77.5 Å². The predicted octanol–water partition coefficient (Wildman–Crippen LogP) is 3.95. The van der Waals surface area contributed by atoms with Gasteiger partial charge in [0.05, 0.1) is 19.9 Å². The summed E-state index contributed by atoms with van der Waals surface area (Å²) in [7, 11) is 1.57. The lowest BCUT2D eigenvalue weighted by atomic mass is 10.2. The Labute approximate surface area is 174 Å². The van der Waals surface area contributed by atoms with Crippen molar-refractivity contribution in [3.63, 3.8) is 0 Å². The molecule has 0 saturated carbocycles. The van der Waals surface area contributed by atoms with Crippen LogP contribution in [0.5, 0.6) is 5.75 Å². The van der Waals surface area contributed by atoms with Crippen LogP contribution in [0.1, 0.15) is 22.7 Å². The van der Waals surface area contributed by atoms with E-state index in [2.05, 4.69) is 9.88 Å². The van der Waals surface area contributed by atoms with E-state index in [9.17, 15) is 9.59 Å². The van der Waals surface area contributed by atoms with Gasteiger partial charge in [0.1, 0.15) is 11.5 Å². The number of methoxy groups -OCH3 is 1. The Morgan fingerprint density at radius 1 is 1.17 bits per heavy atom. The van der Waals surface area contributed by atoms with Crippen molar-refractivity contribution >= 4 is 23.6 Å². The van der Waals surface area contributed by atoms with Crippen molar-refractivity contribution in [2.75, 3.05) is 19.0 Å². The van der Waals surface area contributed by atoms with Gasteiger partial charge in [-0.1, -0.05) is 0 Å². The minimum atomic E-state index is -0.587. The number of nitrogens with zero attached hydrogens (tertiary/aromatic N) is 1. The molecule has 0 aliphatic carbocycles. The topological polar surface area (TPSA) is 82.7 Å². The molecular formula is C23H24N2O5. The largest absolute Gasteiger partial charge is 0.497 e. The maximum atomic E-state index is 12.0. The Morgan fingerprint density at radius 3 is 2.60 bits per heavy atom. The number of hydrogen-bond donors (Lipinski definition) is 1. The number of nitrogens with one attached hydrogen (secondary N) is 1. The summed E-state index contributed by atoms with van der Waals surface area (Å²) in [6.07, 6.45) is 4.65. The third-order valence-electron chi connectivity index (χ3n) is 4.63. The molecule has 0 fully saturated rings. The number of benzene rings is 1. The zero-order valence-electron chi connectivity index (χ0n) is 17.2. The number of aryl methyl sites for hydroxylation is 1. The smallest absolute Gasteiger partial charge is 0.331 e. The van der Waals surface area contributed by atoms with E-state index < -0.39 is 11.9 Å². The summed E-state index contributed by atoms with van der Waals surface area (Å²) in [5.41, 5.74) is 3.55. The fourth-order valence-electron chi connectivity index (χ4n) is 3.01. The second-order valence-electron chi connectivity index (χ2n) is 6.71. The number of anilines is 1. The molecule has 2 heterocycles. The second kappa shape index (κ2) is 9.65. The molecule has 3 rings (SSSR count). The van der Waals surface area contributed by atoms with Gasteiger partial charge in [-0.05, 0) is 68.0 Å². The Bertz CT molecular complexity index is 1030. The highest BCUT2D eigenvalue weighted by Crippen LogP contribution is 2.19. The predicted molar refractivity (Wildman–Crippen MR) is 113 cm³/mol. The third kappa shape index (κ3) is 5.41. The highest BCUT2D eigenvalue weighted by atomic mass is 16.5. The normalized spacial score (nSPS) is 10.9. The first-order chi connectivity index (χ1) is 14.5. The van der Waals surface area contributed by atoms with Crippen LogP contribution in [0.25, 0.3) is 6.08 Å². The van der Waals surface area contributed by atoms with Crippen LogP contribution in [0.2, 0.25) is 0 Å². The first kappa shape index (κ1) is 21.0. The summed E-state index contributed by atoms with van der Waals surface area (Å²) in [4.78, 5) is 23.9. The molecule has 0 spiro atoms. The first-order valence-electron chi connectivity index (χ1n) is 9.44. The second-order valence-corrected chi connectivity index (χ2v) is 6.71. The number of esters is 1. The summed E-state index contributed by atoms with van der Waals surface area (Å²) >= 11 is 0. The molecule has 1 N–H and O–H groups in total. The van der Waals surface area contributed by atoms with E-state index in [1.54, 1.807) is 43.7 Å². The molecule has 0 unspecified atom stereocenters. The maximum Gasteiger partial charge on any atom is 0.331 e. The van der Waals surface area contributed by atoms with Crippen molar-refractivity contribution in [2.45, 2.75) is 20.4 Å². The van der Waals surface area contributed by atoms with Crippen LogP contribution in [0.4, 0.5) is 5.69 Å². The van der Waals surface area contributed by atoms with E-state index in [0.29, 0.717) is 18.0 Å². The van der Waals surface area contributed by atoms with E-state index in [-0.39, 0.29) is 6.61 Å². The Hall–Kier alpha value is -3.74. The number of carbonyl (C=O) groups excluding carboxylic acids is 2. The molecule has 156 valence electrons. The Kier molecular flexibility index (Phi) is 6.75. The highest BCUT2D eigenvalue weighted by molar-refractivity contribution is 5.94. The molecule has 0 aliphatic heterocycles. The van der Waals surface area contributed by atoms with Gasteiger partial charge >= 0.3 is 5.97 Å². The zero-order valence-corrected chi connectivity index (χ0v) is 17.2. The van der Waals surface area contributed by atoms with Crippen molar-refractivity contribution in [2.24, 2.45) is 0 Å². The minimum absolute atomic E-state index is 0.368. The van der Waals surface area contributed by atoms with Crippen LogP contribution in [-0.4, -0.2) is 30.2 Å². The van der Waals surface area contributed by atoms with Gasteiger partial charge in [0.15, 0.2) is 6.61 Å². The molecule has 0 radical (unpaired) electrons. The van der Waals surface area contributed by atoms with Gasteiger partial charge in [0.25, 0.3) is 5.91 Å². The number of aromatic nitrogens is 1. The molecule has 3 aromatic rings. The average Bonchev–Trinajstić information content (AvgIpc) is 3.35. The highest BCUT2D eigenvalue weighted by Gasteiger charge is 2.10. The number of furan rings is 1. The van der Waals surface area contributed by atoms with Crippen LogP contribution < -0.4 is 10.1 Å². The third-order valence-corrected chi connectivity index (χ3v) is 4.63. The first-order valence-corrected chi connectivity index (χ1v) is 9.44. The maximum absolute atomic E-state index is 12.0. The minimum Gasteiger partial charge on any atom is -0.497 e. The summed E-state index contributed by atoms with van der Waals surface area (Å²) < 4.78 is 17.6.